The molecule has 2 N–H and O–H groups in total. The first kappa shape index (κ1) is 45.2. The van der Waals surface area contributed by atoms with Gasteiger partial charge < -0.3 is 19.7 Å². The standard InChI is InChI=1S/C39H76O6S/c1-3-5-7-21-27-35(40)29-23-17-13-9-11-15-19-25-31-38(42)44-33-37(46)34-45-39(43)32-26-20-16-12-10-14-18-24-30-36(41)28-22-8-6-4-2/h35-37,40-41,46H,3-34H2,1-2H3. The summed E-state index contributed by atoms with van der Waals surface area (Å²) in [5.41, 5.74) is 0. The van der Waals surface area contributed by atoms with E-state index in [4.69, 9.17) is 9.47 Å². The number of hydrogen-bond donors (Lipinski definition) is 3. The van der Waals surface area contributed by atoms with Gasteiger partial charge in [0.15, 0.2) is 0 Å². The second-order valence-corrected chi connectivity index (χ2v) is 14.5. The van der Waals surface area contributed by atoms with Gasteiger partial charge in [-0.3, -0.25) is 9.59 Å². The lowest BCUT2D eigenvalue weighted by atomic mass is 10.0. The van der Waals surface area contributed by atoms with Crippen LogP contribution >= 0.6 is 12.6 Å². The lowest BCUT2D eigenvalue weighted by Crippen LogP contribution is -2.21. The van der Waals surface area contributed by atoms with E-state index in [-0.39, 0.29) is 42.6 Å². The third-order valence-corrected chi connectivity index (χ3v) is 9.29. The number of carbonyl (C=O) groups excluding carboxylic acids is 2. The molecule has 0 bridgehead atoms. The summed E-state index contributed by atoms with van der Waals surface area (Å²) < 4.78 is 10.6. The molecule has 2 atom stereocenters. The molecule has 0 spiro atoms. The fourth-order valence-corrected chi connectivity index (χ4v) is 6.04. The number of unbranched alkanes of at least 4 members (excludes halogenated alkanes) is 20. The molecule has 0 radical (unpaired) electrons. The highest BCUT2D eigenvalue weighted by atomic mass is 32.1. The van der Waals surface area contributed by atoms with Crippen molar-refractivity contribution in [2.45, 2.75) is 224 Å². The lowest BCUT2D eigenvalue weighted by molar-refractivity contribution is -0.146. The maximum atomic E-state index is 12.0. The van der Waals surface area contributed by atoms with Crippen LogP contribution in [0, 0.1) is 0 Å². The van der Waals surface area contributed by atoms with E-state index in [1.807, 2.05) is 0 Å². The van der Waals surface area contributed by atoms with Crippen LogP contribution in [-0.2, 0) is 19.1 Å². The number of aliphatic hydroxyl groups excluding tert-OH is 2. The molecule has 0 amide bonds. The maximum absolute atomic E-state index is 12.0. The highest BCUT2D eigenvalue weighted by Gasteiger charge is 2.11. The van der Waals surface area contributed by atoms with Crippen LogP contribution in [-0.4, -0.2) is 52.8 Å². The van der Waals surface area contributed by atoms with Crippen LogP contribution in [0.15, 0.2) is 0 Å². The SMILES string of the molecule is CCCCCCC(O)CCCCCCCCCCC(=O)OCC(S)COC(=O)CCCCCCCCCCC(O)CCCCCC. The molecule has 0 aromatic rings. The van der Waals surface area contributed by atoms with E-state index in [0.717, 1.165) is 89.9 Å². The van der Waals surface area contributed by atoms with Crippen LogP contribution in [0.4, 0.5) is 0 Å². The molecule has 6 nitrogen and oxygen atoms in total. The van der Waals surface area contributed by atoms with Gasteiger partial charge >= 0.3 is 11.9 Å². The summed E-state index contributed by atoms with van der Waals surface area (Å²) in [4.78, 5) is 24.1. The molecule has 274 valence electrons. The van der Waals surface area contributed by atoms with Crippen molar-refractivity contribution < 1.29 is 29.3 Å². The van der Waals surface area contributed by atoms with E-state index in [0.29, 0.717) is 12.8 Å². The zero-order chi connectivity index (χ0) is 33.9. The van der Waals surface area contributed by atoms with Crippen LogP contribution < -0.4 is 0 Å². The van der Waals surface area contributed by atoms with Gasteiger partial charge in [-0.25, -0.2) is 0 Å². The minimum absolute atomic E-state index is 0.113. The molecular formula is C39H76O6S. The molecule has 2 unspecified atom stereocenters. The van der Waals surface area contributed by atoms with Gasteiger partial charge in [-0.05, 0) is 38.5 Å². The van der Waals surface area contributed by atoms with Crippen LogP contribution in [0.3, 0.4) is 0 Å². The molecule has 0 fully saturated rings. The Hall–Kier alpha value is -0.790. The fourth-order valence-electron chi connectivity index (χ4n) is 5.89. The van der Waals surface area contributed by atoms with Crippen molar-refractivity contribution in [2.75, 3.05) is 13.2 Å². The average Bonchev–Trinajstić information content (AvgIpc) is 3.04. The van der Waals surface area contributed by atoms with Crippen molar-refractivity contribution in [3.63, 3.8) is 0 Å². The summed E-state index contributed by atoms with van der Waals surface area (Å²) >= 11 is 4.41. The molecule has 0 aromatic carbocycles. The lowest BCUT2D eigenvalue weighted by Gasteiger charge is -2.12. The van der Waals surface area contributed by atoms with Crippen molar-refractivity contribution in [2.24, 2.45) is 0 Å². The van der Waals surface area contributed by atoms with Crippen molar-refractivity contribution >= 4 is 24.6 Å². The monoisotopic (exact) mass is 673 g/mol. The summed E-state index contributed by atoms with van der Waals surface area (Å²) in [6.45, 7) is 4.76. The minimum atomic E-state index is -0.294. The number of rotatable bonds is 36. The molecule has 7 heteroatoms. The zero-order valence-corrected chi connectivity index (χ0v) is 31.2. The van der Waals surface area contributed by atoms with Crippen LogP contribution in [0.5, 0.6) is 0 Å². The van der Waals surface area contributed by atoms with Gasteiger partial charge in [0, 0.05) is 12.8 Å². The van der Waals surface area contributed by atoms with Crippen molar-refractivity contribution in [1.29, 1.82) is 0 Å². The summed E-state index contributed by atoms with van der Waals surface area (Å²) in [5, 5.41) is 19.8. The number of aliphatic hydroxyl groups is 2. The normalized spacial score (nSPS) is 13.4. The van der Waals surface area contributed by atoms with Crippen molar-refractivity contribution in [3.05, 3.63) is 0 Å². The first-order valence-corrected chi connectivity index (χ1v) is 20.3. The van der Waals surface area contributed by atoms with Crippen molar-refractivity contribution in [1.82, 2.24) is 0 Å². The number of esters is 2. The Bertz CT molecular complexity index is 606. The van der Waals surface area contributed by atoms with E-state index in [1.54, 1.807) is 0 Å². The number of ether oxygens (including phenoxy) is 2. The summed E-state index contributed by atoms with van der Waals surface area (Å²) in [6.07, 6.45) is 32.3. The Morgan fingerprint density at radius 3 is 1.02 bits per heavy atom. The van der Waals surface area contributed by atoms with Gasteiger partial charge in [-0.2, -0.15) is 12.6 Å². The van der Waals surface area contributed by atoms with E-state index in [2.05, 4.69) is 26.5 Å². The molecule has 0 saturated carbocycles. The van der Waals surface area contributed by atoms with Crippen molar-refractivity contribution in [3.8, 4) is 0 Å². The van der Waals surface area contributed by atoms with Gasteiger partial charge in [-0.15, -0.1) is 0 Å². The highest BCUT2D eigenvalue weighted by Crippen LogP contribution is 2.16. The summed E-state index contributed by atoms with van der Waals surface area (Å²) in [5.74, 6) is -0.400. The maximum Gasteiger partial charge on any atom is 0.305 e. The topological polar surface area (TPSA) is 93.1 Å². The Morgan fingerprint density at radius 1 is 0.457 bits per heavy atom. The fraction of sp³-hybridized carbons (Fsp3) is 0.949. The smallest absolute Gasteiger partial charge is 0.305 e. The molecule has 0 heterocycles. The third kappa shape index (κ3) is 34.5. The minimum Gasteiger partial charge on any atom is -0.464 e. The van der Waals surface area contributed by atoms with E-state index in [9.17, 15) is 19.8 Å². The molecule has 46 heavy (non-hydrogen) atoms. The molecule has 0 aromatic heterocycles. The molecule has 0 aliphatic rings. The van der Waals surface area contributed by atoms with Gasteiger partial charge in [0.2, 0.25) is 0 Å². The molecular weight excluding hydrogens is 596 g/mol. The van der Waals surface area contributed by atoms with Gasteiger partial charge in [-0.1, -0.05) is 155 Å². The Kier molecular flexibility index (Phi) is 34.9. The van der Waals surface area contributed by atoms with Crippen LogP contribution in [0.1, 0.15) is 206 Å². The van der Waals surface area contributed by atoms with Crippen LogP contribution in [0.2, 0.25) is 0 Å². The van der Waals surface area contributed by atoms with Crippen LogP contribution in [0.25, 0.3) is 0 Å². The van der Waals surface area contributed by atoms with Gasteiger partial charge in [0.25, 0.3) is 0 Å². The first-order valence-electron chi connectivity index (χ1n) is 19.7. The zero-order valence-electron chi connectivity index (χ0n) is 30.3. The highest BCUT2D eigenvalue weighted by molar-refractivity contribution is 7.81. The molecule has 0 rings (SSSR count). The number of hydrogen-bond acceptors (Lipinski definition) is 7. The van der Waals surface area contributed by atoms with Gasteiger partial charge in [0.05, 0.1) is 17.5 Å². The summed E-state index contributed by atoms with van der Waals surface area (Å²) in [7, 11) is 0. The number of thiol groups is 1. The largest absolute Gasteiger partial charge is 0.464 e. The second-order valence-electron chi connectivity index (χ2n) is 13.8. The van der Waals surface area contributed by atoms with E-state index < -0.39 is 0 Å². The molecule has 0 aliphatic heterocycles. The Morgan fingerprint density at radius 2 is 0.717 bits per heavy atom. The van der Waals surface area contributed by atoms with E-state index >= 15 is 0 Å². The third-order valence-electron chi connectivity index (χ3n) is 8.99. The molecule has 0 aliphatic carbocycles. The van der Waals surface area contributed by atoms with Gasteiger partial charge in [0.1, 0.15) is 13.2 Å². The number of carbonyl (C=O) groups is 2. The molecule has 0 saturated heterocycles. The predicted octanol–water partition coefficient (Wildman–Crippen LogP) is 10.8. The Balaban J connectivity index is 3.46. The first-order chi connectivity index (χ1) is 22.4. The predicted molar refractivity (Wildman–Crippen MR) is 197 cm³/mol. The Labute approximate surface area is 290 Å². The summed E-state index contributed by atoms with van der Waals surface area (Å²) in [6, 6.07) is 0. The average molecular weight is 673 g/mol. The quantitative estimate of drug-likeness (QED) is 0.0348. The second kappa shape index (κ2) is 35.5. The van der Waals surface area contributed by atoms with E-state index in [1.165, 1.54) is 89.9 Å².